The summed E-state index contributed by atoms with van der Waals surface area (Å²) in [5, 5.41) is 3.65. The molecule has 0 aromatic rings. The Morgan fingerprint density at radius 1 is 1.50 bits per heavy atom. The first-order valence-electron chi connectivity index (χ1n) is 6.44. The van der Waals surface area contributed by atoms with Gasteiger partial charge in [0.1, 0.15) is 0 Å². The lowest BCUT2D eigenvalue weighted by Crippen LogP contribution is -2.53. The van der Waals surface area contributed by atoms with Gasteiger partial charge in [-0.1, -0.05) is 12.2 Å². The lowest BCUT2D eigenvalue weighted by molar-refractivity contribution is 0.242. The molecule has 3 heteroatoms. The van der Waals surface area contributed by atoms with Gasteiger partial charge in [-0.3, -0.25) is 4.90 Å². The predicted octanol–water partition coefficient (Wildman–Crippen LogP) is 1.35. The zero-order chi connectivity index (χ0) is 12.0. The van der Waals surface area contributed by atoms with E-state index in [9.17, 15) is 0 Å². The molecule has 1 fully saturated rings. The van der Waals surface area contributed by atoms with Crippen LogP contribution in [0.25, 0.3) is 0 Å². The highest BCUT2D eigenvalue weighted by atomic mass is 15.2. The van der Waals surface area contributed by atoms with Gasteiger partial charge in [0.05, 0.1) is 0 Å². The molecular weight excluding hydrogens is 198 g/mol. The van der Waals surface area contributed by atoms with Crippen LogP contribution in [-0.2, 0) is 0 Å². The van der Waals surface area contributed by atoms with Crippen LogP contribution in [0.4, 0.5) is 0 Å². The zero-order valence-corrected chi connectivity index (χ0v) is 11.0. The van der Waals surface area contributed by atoms with Gasteiger partial charge in [-0.15, -0.1) is 0 Å². The Morgan fingerprint density at radius 2 is 2.25 bits per heavy atom. The third kappa shape index (κ3) is 3.58. The van der Waals surface area contributed by atoms with Crippen LogP contribution in [0.3, 0.4) is 0 Å². The first kappa shape index (κ1) is 13.7. The quantitative estimate of drug-likeness (QED) is 0.530. The van der Waals surface area contributed by atoms with Crippen LogP contribution in [-0.4, -0.2) is 42.7 Å². The van der Waals surface area contributed by atoms with Crippen molar-refractivity contribution >= 4 is 0 Å². The Hall–Kier alpha value is -0.380. The SMILES string of the molecule is C/C=C/CCNC1(CN)CCN(C(C)C)C1. The lowest BCUT2D eigenvalue weighted by atomic mass is 9.98. The fourth-order valence-electron chi connectivity index (χ4n) is 2.32. The van der Waals surface area contributed by atoms with Gasteiger partial charge in [-0.05, 0) is 40.2 Å². The smallest absolute Gasteiger partial charge is 0.0445 e. The van der Waals surface area contributed by atoms with Gasteiger partial charge in [0.2, 0.25) is 0 Å². The monoisotopic (exact) mass is 225 g/mol. The second-order valence-corrected chi connectivity index (χ2v) is 5.08. The molecule has 3 nitrogen and oxygen atoms in total. The molecular formula is C13H27N3. The first-order valence-corrected chi connectivity index (χ1v) is 6.44. The number of rotatable bonds is 6. The van der Waals surface area contributed by atoms with Crippen molar-refractivity contribution in [2.24, 2.45) is 5.73 Å². The van der Waals surface area contributed by atoms with Crippen LogP contribution >= 0.6 is 0 Å². The van der Waals surface area contributed by atoms with Gasteiger partial charge in [0.15, 0.2) is 0 Å². The van der Waals surface area contributed by atoms with Crippen molar-refractivity contribution in [1.82, 2.24) is 10.2 Å². The number of nitrogens with two attached hydrogens (primary N) is 1. The summed E-state index contributed by atoms with van der Waals surface area (Å²) >= 11 is 0. The van der Waals surface area contributed by atoms with Gasteiger partial charge >= 0.3 is 0 Å². The molecule has 94 valence electrons. The molecule has 1 rings (SSSR count). The molecule has 1 heterocycles. The van der Waals surface area contributed by atoms with Crippen molar-refractivity contribution in [2.45, 2.75) is 45.2 Å². The molecule has 0 saturated carbocycles. The Kier molecular flexibility index (Phi) is 5.46. The van der Waals surface area contributed by atoms with Crippen LogP contribution in [0.5, 0.6) is 0 Å². The van der Waals surface area contributed by atoms with E-state index in [2.05, 4.69) is 43.1 Å². The summed E-state index contributed by atoms with van der Waals surface area (Å²) in [5.74, 6) is 0. The van der Waals surface area contributed by atoms with E-state index in [1.165, 1.54) is 13.0 Å². The number of hydrogen-bond donors (Lipinski definition) is 2. The highest BCUT2D eigenvalue weighted by molar-refractivity contribution is 4.99. The van der Waals surface area contributed by atoms with Crippen molar-refractivity contribution < 1.29 is 0 Å². The van der Waals surface area contributed by atoms with Gasteiger partial charge in [0.25, 0.3) is 0 Å². The van der Waals surface area contributed by atoms with E-state index >= 15 is 0 Å². The molecule has 0 aromatic carbocycles. The molecule has 0 radical (unpaired) electrons. The van der Waals surface area contributed by atoms with Gasteiger partial charge in [0, 0.05) is 31.2 Å². The summed E-state index contributed by atoms with van der Waals surface area (Å²) in [6.45, 7) is 10.6. The van der Waals surface area contributed by atoms with E-state index in [0.717, 1.165) is 26.1 Å². The van der Waals surface area contributed by atoms with E-state index in [1.54, 1.807) is 0 Å². The second kappa shape index (κ2) is 6.38. The second-order valence-electron chi connectivity index (χ2n) is 5.08. The Bertz CT molecular complexity index is 225. The van der Waals surface area contributed by atoms with Gasteiger partial charge < -0.3 is 11.1 Å². The molecule has 0 amide bonds. The molecule has 1 unspecified atom stereocenters. The molecule has 1 aliphatic heterocycles. The average molecular weight is 225 g/mol. The fourth-order valence-corrected chi connectivity index (χ4v) is 2.32. The topological polar surface area (TPSA) is 41.3 Å². The normalized spacial score (nSPS) is 27.3. The van der Waals surface area contributed by atoms with E-state index in [0.29, 0.717) is 6.04 Å². The summed E-state index contributed by atoms with van der Waals surface area (Å²) < 4.78 is 0. The Labute approximate surface area is 100 Å². The third-order valence-electron chi connectivity index (χ3n) is 3.55. The Morgan fingerprint density at radius 3 is 2.75 bits per heavy atom. The van der Waals surface area contributed by atoms with E-state index in [4.69, 9.17) is 5.73 Å². The molecule has 1 aliphatic rings. The molecule has 0 aromatic heterocycles. The van der Waals surface area contributed by atoms with E-state index in [-0.39, 0.29) is 5.54 Å². The van der Waals surface area contributed by atoms with Crippen LogP contribution in [0, 0.1) is 0 Å². The molecule has 0 spiro atoms. The van der Waals surface area contributed by atoms with Crippen LogP contribution in [0.2, 0.25) is 0 Å². The van der Waals surface area contributed by atoms with Crippen LogP contribution < -0.4 is 11.1 Å². The first-order chi connectivity index (χ1) is 7.63. The van der Waals surface area contributed by atoms with Gasteiger partial charge in [-0.25, -0.2) is 0 Å². The minimum atomic E-state index is 0.159. The summed E-state index contributed by atoms with van der Waals surface area (Å²) in [4.78, 5) is 2.51. The van der Waals surface area contributed by atoms with Crippen molar-refractivity contribution in [2.75, 3.05) is 26.2 Å². The van der Waals surface area contributed by atoms with E-state index < -0.39 is 0 Å². The maximum absolute atomic E-state index is 5.94. The molecule has 1 atom stereocenters. The van der Waals surface area contributed by atoms with Crippen molar-refractivity contribution in [3.63, 3.8) is 0 Å². The standard InChI is InChI=1S/C13H27N3/c1-4-5-6-8-15-13(10-14)7-9-16(11-13)12(2)3/h4-5,12,15H,6-11,14H2,1-3H3/b5-4+. The van der Waals surface area contributed by atoms with Crippen molar-refractivity contribution in [3.8, 4) is 0 Å². The molecule has 16 heavy (non-hydrogen) atoms. The van der Waals surface area contributed by atoms with Crippen molar-refractivity contribution in [3.05, 3.63) is 12.2 Å². The minimum Gasteiger partial charge on any atom is -0.329 e. The lowest BCUT2D eigenvalue weighted by Gasteiger charge is -2.30. The summed E-state index contributed by atoms with van der Waals surface area (Å²) in [6, 6.07) is 0.630. The maximum Gasteiger partial charge on any atom is 0.0445 e. The average Bonchev–Trinajstić information content (AvgIpc) is 2.70. The highest BCUT2D eigenvalue weighted by Crippen LogP contribution is 2.22. The minimum absolute atomic E-state index is 0.159. The summed E-state index contributed by atoms with van der Waals surface area (Å²) in [7, 11) is 0. The third-order valence-corrected chi connectivity index (χ3v) is 3.55. The van der Waals surface area contributed by atoms with Crippen molar-refractivity contribution in [1.29, 1.82) is 0 Å². The highest BCUT2D eigenvalue weighted by Gasteiger charge is 2.36. The number of nitrogens with one attached hydrogen (secondary N) is 1. The maximum atomic E-state index is 5.94. The molecule has 3 N–H and O–H groups in total. The van der Waals surface area contributed by atoms with Crippen LogP contribution in [0.15, 0.2) is 12.2 Å². The molecule has 1 saturated heterocycles. The largest absolute Gasteiger partial charge is 0.329 e. The zero-order valence-electron chi connectivity index (χ0n) is 11.0. The number of nitrogens with zero attached hydrogens (tertiary/aromatic N) is 1. The molecule has 0 aliphatic carbocycles. The van der Waals surface area contributed by atoms with Gasteiger partial charge in [-0.2, -0.15) is 0 Å². The predicted molar refractivity (Wildman–Crippen MR) is 70.5 cm³/mol. The number of hydrogen-bond acceptors (Lipinski definition) is 3. The van der Waals surface area contributed by atoms with E-state index in [1.807, 2.05) is 0 Å². The summed E-state index contributed by atoms with van der Waals surface area (Å²) in [6.07, 6.45) is 6.58. The summed E-state index contributed by atoms with van der Waals surface area (Å²) in [5.41, 5.74) is 6.10. The Balaban J connectivity index is 2.40. The fraction of sp³-hybridized carbons (Fsp3) is 0.846. The number of allylic oxidation sites excluding steroid dienone is 1. The van der Waals surface area contributed by atoms with Crippen LogP contribution in [0.1, 0.15) is 33.6 Å². The number of likely N-dealkylation sites (tertiary alicyclic amines) is 1. The molecule has 0 bridgehead atoms.